The number of rotatable bonds is 4. The minimum Gasteiger partial charge on any atom is -0.367 e. The van der Waals surface area contributed by atoms with Gasteiger partial charge in [0.05, 0.1) is 17.4 Å². The summed E-state index contributed by atoms with van der Waals surface area (Å²) in [7, 11) is 1.84. The number of hydrogen-bond acceptors (Lipinski definition) is 2. The van der Waals surface area contributed by atoms with Crippen LogP contribution in [0.2, 0.25) is 0 Å². The van der Waals surface area contributed by atoms with Gasteiger partial charge in [0.2, 0.25) is 0 Å². The highest BCUT2D eigenvalue weighted by Gasteiger charge is 2.25. The molecule has 0 bridgehead atoms. The van der Waals surface area contributed by atoms with E-state index in [0.29, 0.717) is 0 Å². The van der Waals surface area contributed by atoms with Crippen LogP contribution in [0.3, 0.4) is 0 Å². The molecular weight excluding hydrogens is 322 g/mol. The molecule has 0 N–H and O–H groups in total. The average molecular weight is 354 g/mol. The lowest BCUT2D eigenvalue weighted by Crippen LogP contribution is -2.29. The molecule has 26 heavy (non-hydrogen) atoms. The molecule has 2 rings (SSSR count). The summed E-state index contributed by atoms with van der Waals surface area (Å²) in [6, 6.07) is 8.45. The third-order valence-electron chi connectivity index (χ3n) is 4.51. The Morgan fingerprint density at radius 3 is 2.19 bits per heavy atom. The van der Waals surface area contributed by atoms with Crippen LogP contribution >= 0.6 is 0 Å². The minimum atomic E-state index is -0.300. The van der Waals surface area contributed by atoms with Crippen LogP contribution in [0.4, 0.5) is 0 Å². The first kappa shape index (κ1) is 20.2. The summed E-state index contributed by atoms with van der Waals surface area (Å²) in [6.45, 7) is 14.1. The molecule has 0 spiro atoms. The van der Waals surface area contributed by atoms with E-state index in [9.17, 15) is 4.79 Å². The second-order valence-electron chi connectivity index (χ2n) is 7.90. The molecule has 0 saturated heterocycles. The molecule has 140 valence electrons. The summed E-state index contributed by atoms with van der Waals surface area (Å²) in [6.07, 6.45) is 3.80. The molecule has 1 aromatic carbocycles. The number of aryl methyl sites for hydroxylation is 1. The Morgan fingerprint density at radius 1 is 1.12 bits per heavy atom. The zero-order valence-corrected chi connectivity index (χ0v) is 17.3. The molecule has 0 saturated carbocycles. The van der Waals surface area contributed by atoms with Gasteiger partial charge in [-0.15, -0.1) is 0 Å². The van der Waals surface area contributed by atoms with E-state index in [1.54, 1.807) is 4.57 Å². The maximum absolute atomic E-state index is 12.9. The predicted octanol–water partition coefficient (Wildman–Crippen LogP) is 5.58. The van der Waals surface area contributed by atoms with Crippen LogP contribution in [0.5, 0.6) is 0 Å². The molecule has 2 aromatic rings. The van der Waals surface area contributed by atoms with Crippen molar-refractivity contribution in [1.82, 2.24) is 4.57 Å². The number of nitrogens with zero attached hydrogens (tertiary/aromatic N) is 1. The van der Waals surface area contributed by atoms with Gasteiger partial charge in [-0.1, -0.05) is 42.0 Å². The van der Waals surface area contributed by atoms with Crippen molar-refractivity contribution in [3.8, 4) is 11.1 Å². The highest BCUT2D eigenvalue weighted by atomic mass is 16.5. The molecule has 0 aliphatic heterocycles. The van der Waals surface area contributed by atoms with Crippen molar-refractivity contribution in [2.24, 2.45) is 7.05 Å². The molecule has 3 heteroatoms. The second kappa shape index (κ2) is 7.63. The summed E-state index contributed by atoms with van der Waals surface area (Å²) in [5, 5.41) is 0. The highest BCUT2D eigenvalue weighted by Crippen LogP contribution is 2.35. The van der Waals surface area contributed by atoms with Crippen LogP contribution in [0.15, 0.2) is 35.1 Å². The Morgan fingerprint density at radius 2 is 1.69 bits per heavy atom. The fraction of sp³-hybridized carbons (Fsp3) is 0.435. The monoisotopic (exact) mass is 353 g/mol. The lowest BCUT2D eigenvalue weighted by Gasteiger charge is -2.29. The summed E-state index contributed by atoms with van der Waals surface area (Å²) < 4.78 is 7.98. The van der Waals surface area contributed by atoms with Crippen molar-refractivity contribution in [3.63, 3.8) is 0 Å². The van der Waals surface area contributed by atoms with Gasteiger partial charge in [0.1, 0.15) is 0 Å². The average Bonchev–Trinajstić information content (AvgIpc) is 2.54. The van der Waals surface area contributed by atoms with Gasteiger partial charge in [-0.05, 0) is 59.6 Å². The number of aromatic nitrogens is 1. The molecule has 0 aliphatic carbocycles. The van der Waals surface area contributed by atoms with E-state index in [-0.39, 0.29) is 17.3 Å². The van der Waals surface area contributed by atoms with Crippen molar-refractivity contribution < 1.29 is 4.74 Å². The minimum absolute atomic E-state index is 0.0216. The lowest BCUT2D eigenvalue weighted by atomic mass is 9.92. The lowest BCUT2D eigenvalue weighted by molar-refractivity contribution is -0.0558. The Bertz CT molecular complexity index is 865. The van der Waals surface area contributed by atoms with Crippen LogP contribution in [0, 0.1) is 13.8 Å². The molecule has 3 nitrogen and oxygen atoms in total. The van der Waals surface area contributed by atoms with E-state index in [2.05, 4.69) is 31.2 Å². The van der Waals surface area contributed by atoms with Crippen molar-refractivity contribution >= 4 is 6.08 Å². The van der Waals surface area contributed by atoms with E-state index in [0.717, 1.165) is 27.9 Å². The van der Waals surface area contributed by atoms with E-state index in [4.69, 9.17) is 4.74 Å². The first-order chi connectivity index (χ1) is 12.1. The van der Waals surface area contributed by atoms with Crippen molar-refractivity contribution in [3.05, 3.63) is 63.1 Å². The number of benzene rings is 1. The van der Waals surface area contributed by atoms with E-state index < -0.39 is 0 Å². The van der Waals surface area contributed by atoms with Gasteiger partial charge >= 0.3 is 0 Å². The van der Waals surface area contributed by atoms with Gasteiger partial charge in [0, 0.05) is 18.2 Å². The topological polar surface area (TPSA) is 31.2 Å². The molecule has 0 amide bonds. The molecule has 0 aliphatic rings. The zero-order valence-electron chi connectivity index (χ0n) is 17.3. The Hall–Kier alpha value is -2.13. The van der Waals surface area contributed by atoms with Crippen LogP contribution in [0.1, 0.15) is 63.1 Å². The Kier molecular flexibility index (Phi) is 5.92. The second-order valence-corrected chi connectivity index (χ2v) is 7.90. The predicted molar refractivity (Wildman–Crippen MR) is 111 cm³/mol. The van der Waals surface area contributed by atoms with Crippen molar-refractivity contribution in [2.75, 3.05) is 0 Å². The fourth-order valence-corrected chi connectivity index (χ4v) is 3.43. The van der Waals surface area contributed by atoms with Gasteiger partial charge in [-0.25, -0.2) is 0 Å². The zero-order chi connectivity index (χ0) is 19.6. The summed E-state index contributed by atoms with van der Waals surface area (Å²) in [4.78, 5) is 12.9. The maximum atomic E-state index is 12.9. The van der Waals surface area contributed by atoms with E-state index in [1.807, 2.05) is 60.7 Å². The van der Waals surface area contributed by atoms with E-state index in [1.165, 1.54) is 5.56 Å². The Labute approximate surface area is 157 Å². The van der Waals surface area contributed by atoms with Crippen molar-refractivity contribution in [1.29, 1.82) is 0 Å². The number of hydrogen-bond donors (Lipinski definition) is 0. The maximum Gasteiger partial charge on any atom is 0.254 e. The highest BCUT2D eigenvalue weighted by molar-refractivity contribution is 5.79. The first-order valence-corrected chi connectivity index (χ1v) is 9.18. The molecule has 1 atom stereocenters. The smallest absolute Gasteiger partial charge is 0.254 e. The molecule has 0 radical (unpaired) electrons. The standard InChI is InChI=1S/C23H31NO2/c1-9-10-19-16(3)22(25)24(8)21(17(4)26-23(5,6)7)20(19)18-13-11-15(2)12-14-18/h9-14,17H,1-8H3/b10-9-. The Balaban J connectivity index is 2.88. The third-order valence-corrected chi connectivity index (χ3v) is 4.51. The van der Waals surface area contributed by atoms with Gasteiger partial charge < -0.3 is 9.30 Å². The third kappa shape index (κ3) is 4.16. The summed E-state index contributed by atoms with van der Waals surface area (Å²) in [5.41, 5.74) is 5.74. The number of ether oxygens (including phenoxy) is 1. The molecule has 1 aromatic heterocycles. The van der Waals surface area contributed by atoms with Crippen LogP contribution < -0.4 is 5.56 Å². The van der Waals surface area contributed by atoms with Crippen molar-refractivity contribution in [2.45, 2.75) is 60.2 Å². The first-order valence-electron chi connectivity index (χ1n) is 9.18. The molecular formula is C23H31NO2. The largest absolute Gasteiger partial charge is 0.367 e. The van der Waals surface area contributed by atoms with Gasteiger partial charge in [-0.3, -0.25) is 4.79 Å². The van der Waals surface area contributed by atoms with Crippen LogP contribution in [-0.4, -0.2) is 10.2 Å². The summed E-state index contributed by atoms with van der Waals surface area (Å²) in [5.74, 6) is 0. The normalized spacial score (nSPS) is 13.4. The van der Waals surface area contributed by atoms with Gasteiger partial charge in [0.25, 0.3) is 5.56 Å². The number of pyridine rings is 1. The quantitative estimate of drug-likeness (QED) is 0.718. The molecule has 1 unspecified atom stereocenters. The van der Waals surface area contributed by atoms with Gasteiger partial charge in [0.15, 0.2) is 0 Å². The fourth-order valence-electron chi connectivity index (χ4n) is 3.43. The SMILES string of the molecule is C/C=C\c1c(-c2ccc(C)cc2)c(C(C)OC(C)(C)C)n(C)c(=O)c1C. The number of allylic oxidation sites excluding steroid dienone is 1. The van der Waals surface area contributed by atoms with Gasteiger partial charge in [-0.2, -0.15) is 0 Å². The van der Waals surface area contributed by atoms with Crippen LogP contribution in [0.25, 0.3) is 17.2 Å². The molecule has 1 heterocycles. The molecule has 0 fully saturated rings. The van der Waals surface area contributed by atoms with Crippen LogP contribution in [-0.2, 0) is 11.8 Å². The summed E-state index contributed by atoms with van der Waals surface area (Å²) >= 11 is 0. The van der Waals surface area contributed by atoms with E-state index >= 15 is 0 Å².